The Balaban J connectivity index is 2.62. The zero-order valence-corrected chi connectivity index (χ0v) is 9.25. The normalized spacial score (nSPS) is 10.7. The summed E-state index contributed by atoms with van der Waals surface area (Å²) in [4.78, 5) is 0. The van der Waals surface area contributed by atoms with Crippen LogP contribution in [0.3, 0.4) is 0 Å². The Morgan fingerprint density at radius 1 is 1.44 bits per heavy atom. The summed E-state index contributed by atoms with van der Waals surface area (Å²) in [5.41, 5.74) is 7.79. The number of anilines is 1. The number of rotatable bonds is 2. The van der Waals surface area contributed by atoms with Crippen molar-refractivity contribution in [2.75, 3.05) is 5.73 Å². The van der Waals surface area contributed by atoms with Crippen molar-refractivity contribution in [2.24, 2.45) is 0 Å². The maximum atomic E-state index is 13.7. The lowest BCUT2D eigenvalue weighted by atomic mass is 10.0. The molecular formula is C12H13FN2O. The van der Waals surface area contributed by atoms with Gasteiger partial charge in [-0.15, -0.1) is 0 Å². The zero-order valence-electron chi connectivity index (χ0n) is 9.25. The molecular weight excluding hydrogens is 207 g/mol. The summed E-state index contributed by atoms with van der Waals surface area (Å²) in [7, 11) is 0. The molecule has 0 unspecified atom stereocenters. The van der Waals surface area contributed by atoms with Crippen LogP contribution in [0, 0.1) is 12.7 Å². The molecule has 0 saturated carbocycles. The van der Waals surface area contributed by atoms with Crippen LogP contribution >= 0.6 is 0 Å². The molecule has 0 aliphatic carbocycles. The first-order valence-electron chi connectivity index (χ1n) is 5.14. The van der Waals surface area contributed by atoms with Gasteiger partial charge < -0.3 is 10.3 Å². The Morgan fingerprint density at radius 2 is 2.19 bits per heavy atom. The summed E-state index contributed by atoms with van der Waals surface area (Å²) in [6, 6.07) is 4.86. The molecule has 2 aromatic rings. The maximum absolute atomic E-state index is 13.7. The van der Waals surface area contributed by atoms with Crippen molar-refractivity contribution in [3.8, 4) is 11.3 Å². The number of hydrogen-bond acceptors (Lipinski definition) is 3. The third kappa shape index (κ3) is 1.66. The van der Waals surface area contributed by atoms with Crippen LogP contribution in [0.25, 0.3) is 11.3 Å². The van der Waals surface area contributed by atoms with E-state index in [0.29, 0.717) is 23.6 Å². The van der Waals surface area contributed by atoms with Gasteiger partial charge in [0.2, 0.25) is 0 Å². The molecule has 4 heteroatoms. The standard InChI is InChI=1S/C12H13FN2O/c1-3-8-11(16-15-12(8)14)9-6-7(2)4-5-10(9)13/h4-6H,3H2,1-2H3,(H2,14,15). The first-order chi connectivity index (χ1) is 7.63. The molecule has 0 atom stereocenters. The SMILES string of the molecule is CCc1c(N)noc1-c1cc(C)ccc1F. The van der Waals surface area contributed by atoms with Gasteiger partial charge in [0, 0.05) is 5.56 Å². The zero-order chi connectivity index (χ0) is 11.7. The minimum Gasteiger partial charge on any atom is -0.381 e. The predicted octanol–water partition coefficient (Wildman–Crippen LogP) is 2.93. The topological polar surface area (TPSA) is 52.0 Å². The van der Waals surface area contributed by atoms with Gasteiger partial charge in [-0.3, -0.25) is 0 Å². The summed E-state index contributed by atoms with van der Waals surface area (Å²) in [5.74, 6) is 0.441. The molecule has 0 radical (unpaired) electrons. The van der Waals surface area contributed by atoms with Crippen LogP contribution in [0.1, 0.15) is 18.1 Å². The van der Waals surface area contributed by atoms with Gasteiger partial charge in [-0.25, -0.2) is 4.39 Å². The van der Waals surface area contributed by atoms with Crippen molar-refractivity contribution in [3.05, 3.63) is 35.1 Å². The second-order valence-electron chi connectivity index (χ2n) is 3.71. The number of nitrogens with zero attached hydrogens (tertiary/aromatic N) is 1. The summed E-state index contributed by atoms with van der Waals surface area (Å²) in [6.07, 6.45) is 0.665. The third-order valence-electron chi connectivity index (χ3n) is 2.54. The number of halogens is 1. The smallest absolute Gasteiger partial charge is 0.175 e. The number of aromatic nitrogens is 1. The van der Waals surface area contributed by atoms with Crippen LogP contribution in [-0.4, -0.2) is 5.16 Å². The number of nitrogen functional groups attached to an aromatic ring is 1. The summed E-state index contributed by atoms with van der Waals surface area (Å²) in [5, 5.41) is 3.67. The van der Waals surface area contributed by atoms with E-state index >= 15 is 0 Å². The van der Waals surface area contributed by atoms with Crippen molar-refractivity contribution >= 4 is 5.82 Å². The fourth-order valence-corrected chi connectivity index (χ4v) is 1.69. The van der Waals surface area contributed by atoms with Gasteiger partial charge in [0.15, 0.2) is 11.6 Å². The van der Waals surface area contributed by atoms with Gasteiger partial charge in [-0.1, -0.05) is 23.7 Å². The fourth-order valence-electron chi connectivity index (χ4n) is 1.69. The maximum Gasteiger partial charge on any atom is 0.175 e. The van der Waals surface area contributed by atoms with Gasteiger partial charge in [0.05, 0.1) is 5.56 Å². The Morgan fingerprint density at radius 3 is 2.88 bits per heavy atom. The van der Waals surface area contributed by atoms with Crippen LogP contribution in [-0.2, 0) is 6.42 Å². The minimum atomic E-state index is -0.323. The largest absolute Gasteiger partial charge is 0.381 e. The highest BCUT2D eigenvalue weighted by Gasteiger charge is 2.17. The second-order valence-corrected chi connectivity index (χ2v) is 3.71. The van der Waals surface area contributed by atoms with E-state index in [9.17, 15) is 4.39 Å². The second kappa shape index (κ2) is 3.96. The molecule has 1 heterocycles. The highest BCUT2D eigenvalue weighted by Crippen LogP contribution is 2.30. The molecule has 0 aliphatic heterocycles. The molecule has 0 spiro atoms. The number of benzene rings is 1. The molecule has 84 valence electrons. The third-order valence-corrected chi connectivity index (χ3v) is 2.54. The van der Waals surface area contributed by atoms with Crippen molar-refractivity contribution in [1.82, 2.24) is 5.16 Å². The van der Waals surface area contributed by atoms with Crippen LogP contribution in [0.4, 0.5) is 10.2 Å². The first-order valence-corrected chi connectivity index (χ1v) is 5.14. The van der Waals surface area contributed by atoms with E-state index in [1.54, 1.807) is 12.1 Å². The Kier molecular flexibility index (Phi) is 2.64. The van der Waals surface area contributed by atoms with Crippen LogP contribution in [0.5, 0.6) is 0 Å². The molecule has 2 N–H and O–H groups in total. The molecule has 0 aliphatic rings. The quantitative estimate of drug-likeness (QED) is 0.846. The van der Waals surface area contributed by atoms with Crippen LogP contribution in [0.15, 0.2) is 22.7 Å². The van der Waals surface area contributed by atoms with Crippen molar-refractivity contribution in [1.29, 1.82) is 0 Å². The minimum absolute atomic E-state index is 0.323. The average molecular weight is 220 g/mol. The lowest BCUT2D eigenvalue weighted by Crippen LogP contribution is -1.92. The van der Waals surface area contributed by atoms with Gasteiger partial charge in [0.25, 0.3) is 0 Å². The van der Waals surface area contributed by atoms with Crippen molar-refractivity contribution in [2.45, 2.75) is 20.3 Å². The van der Waals surface area contributed by atoms with Crippen LogP contribution in [0.2, 0.25) is 0 Å². The molecule has 2 rings (SSSR count). The molecule has 1 aromatic carbocycles. The van der Waals surface area contributed by atoms with Gasteiger partial charge in [0.1, 0.15) is 5.82 Å². The van der Waals surface area contributed by atoms with Crippen molar-refractivity contribution in [3.63, 3.8) is 0 Å². The van der Waals surface area contributed by atoms with E-state index in [1.807, 2.05) is 13.8 Å². The van der Waals surface area contributed by atoms with Crippen molar-refractivity contribution < 1.29 is 8.91 Å². The molecule has 0 amide bonds. The molecule has 0 saturated heterocycles. The van der Waals surface area contributed by atoms with E-state index in [4.69, 9.17) is 10.3 Å². The van der Waals surface area contributed by atoms with E-state index < -0.39 is 0 Å². The molecule has 3 nitrogen and oxygen atoms in total. The summed E-state index contributed by atoms with van der Waals surface area (Å²) in [6.45, 7) is 3.83. The molecule has 0 bridgehead atoms. The highest BCUT2D eigenvalue weighted by molar-refractivity contribution is 5.67. The molecule has 16 heavy (non-hydrogen) atoms. The van der Waals surface area contributed by atoms with Crippen LogP contribution < -0.4 is 5.73 Å². The lowest BCUT2D eigenvalue weighted by molar-refractivity contribution is 0.432. The average Bonchev–Trinajstić information content (AvgIpc) is 2.63. The predicted molar refractivity (Wildman–Crippen MR) is 60.4 cm³/mol. The van der Waals surface area contributed by atoms with Gasteiger partial charge in [-0.2, -0.15) is 0 Å². The Bertz CT molecular complexity index is 520. The van der Waals surface area contributed by atoms with E-state index in [-0.39, 0.29) is 5.82 Å². The molecule has 1 aromatic heterocycles. The highest BCUT2D eigenvalue weighted by atomic mass is 19.1. The first kappa shape index (κ1) is 10.7. The van der Waals surface area contributed by atoms with E-state index in [1.165, 1.54) is 6.07 Å². The summed E-state index contributed by atoms with van der Waals surface area (Å²) >= 11 is 0. The Labute approximate surface area is 93.1 Å². The van der Waals surface area contributed by atoms with E-state index in [0.717, 1.165) is 11.1 Å². The Hall–Kier alpha value is -1.84. The summed E-state index contributed by atoms with van der Waals surface area (Å²) < 4.78 is 18.7. The fraction of sp³-hybridized carbons (Fsp3) is 0.250. The number of hydrogen-bond donors (Lipinski definition) is 1. The number of aryl methyl sites for hydroxylation is 1. The van der Waals surface area contributed by atoms with E-state index in [2.05, 4.69) is 5.16 Å². The number of nitrogens with two attached hydrogens (primary N) is 1. The van der Waals surface area contributed by atoms with Gasteiger partial charge >= 0.3 is 0 Å². The van der Waals surface area contributed by atoms with Gasteiger partial charge in [-0.05, 0) is 25.5 Å². The lowest BCUT2D eigenvalue weighted by Gasteiger charge is -2.02. The molecule has 0 fully saturated rings. The monoisotopic (exact) mass is 220 g/mol.